The second kappa shape index (κ2) is 6.27. The van der Waals surface area contributed by atoms with E-state index in [0.29, 0.717) is 10.0 Å². The number of hydrogen-bond donors (Lipinski definition) is 1. The Balaban J connectivity index is 1.91. The van der Waals surface area contributed by atoms with Crippen LogP contribution in [0.1, 0.15) is 22.7 Å². The molecule has 1 N–H and O–H groups in total. The number of para-hydroxylation sites is 1. The van der Waals surface area contributed by atoms with Crippen LogP contribution in [0.2, 0.25) is 10.0 Å². The van der Waals surface area contributed by atoms with E-state index in [9.17, 15) is 0 Å². The Bertz CT molecular complexity index is 657. The van der Waals surface area contributed by atoms with Crippen LogP contribution in [0.3, 0.4) is 0 Å². The van der Waals surface area contributed by atoms with Gasteiger partial charge in [0.1, 0.15) is 5.75 Å². The third-order valence-corrected chi connectivity index (χ3v) is 4.49. The minimum atomic E-state index is 0.164. The van der Waals surface area contributed by atoms with Gasteiger partial charge in [0.15, 0.2) is 0 Å². The van der Waals surface area contributed by atoms with Gasteiger partial charge in [0.25, 0.3) is 0 Å². The van der Waals surface area contributed by atoms with Crippen LogP contribution in [0.25, 0.3) is 0 Å². The Labute approximate surface area is 135 Å². The van der Waals surface area contributed by atoms with Crippen LogP contribution < -0.4 is 10.1 Å². The van der Waals surface area contributed by atoms with E-state index in [-0.39, 0.29) is 6.04 Å². The minimum absolute atomic E-state index is 0.164. The van der Waals surface area contributed by atoms with Crippen molar-refractivity contribution >= 4 is 23.2 Å². The fourth-order valence-corrected chi connectivity index (χ4v) is 3.28. The summed E-state index contributed by atoms with van der Waals surface area (Å²) in [7, 11) is 1.96. The summed E-state index contributed by atoms with van der Waals surface area (Å²) < 4.78 is 5.81. The molecular formula is C17H17Cl2NO. The van der Waals surface area contributed by atoms with Crippen LogP contribution in [0.15, 0.2) is 36.4 Å². The van der Waals surface area contributed by atoms with Crippen molar-refractivity contribution in [2.75, 3.05) is 13.7 Å². The summed E-state index contributed by atoms with van der Waals surface area (Å²) in [6.07, 6.45) is 1.79. The Kier molecular flexibility index (Phi) is 4.39. The van der Waals surface area contributed by atoms with E-state index < -0.39 is 0 Å². The largest absolute Gasteiger partial charge is 0.493 e. The van der Waals surface area contributed by atoms with Crippen LogP contribution >= 0.6 is 23.2 Å². The summed E-state index contributed by atoms with van der Waals surface area (Å²) in [5, 5.41) is 4.73. The Morgan fingerprint density at radius 2 is 2.10 bits per heavy atom. The van der Waals surface area contributed by atoms with Crippen molar-refractivity contribution in [3.8, 4) is 5.75 Å². The van der Waals surface area contributed by atoms with Gasteiger partial charge in [-0.3, -0.25) is 0 Å². The average Bonchev–Trinajstić information content (AvgIpc) is 2.95. The molecule has 1 atom stereocenters. The quantitative estimate of drug-likeness (QED) is 0.899. The molecule has 2 nitrogen and oxygen atoms in total. The number of fused-ring (bicyclic) bond motifs is 1. The predicted molar refractivity (Wildman–Crippen MR) is 87.6 cm³/mol. The molecule has 21 heavy (non-hydrogen) atoms. The topological polar surface area (TPSA) is 21.3 Å². The highest BCUT2D eigenvalue weighted by atomic mass is 35.5. The standard InChI is InChI=1S/C17H17Cl2NO/c1-20-16(9-12-5-6-13(18)10-15(12)19)14-4-2-3-11-7-8-21-17(11)14/h2-6,10,16,20H,7-9H2,1H3. The molecule has 0 amide bonds. The minimum Gasteiger partial charge on any atom is -0.493 e. The smallest absolute Gasteiger partial charge is 0.127 e. The van der Waals surface area contributed by atoms with Crippen molar-refractivity contribution in [2.24, 2.45) is 0 Å². The molecular weight excluding hydrogens is 305 g/mol. The summed E-state index contributed by atoms with van der Waals surface area (Å²) in [6, 6.07) is 12.2. The molecule has 2 aromatic carbocycles. The first-order valence-corrected chi connectivity index (χ1v) is 7.80. The number of nitrogens with one attached hydrogen (secondary N) is 1. The van der Waals surface area contributed by atoms with Crippen molar-refractivity contribution in [3.05, 3.63) is 63.1 Å². The van der Waals surface area contributed by atoms with E-state index in [4.69, 9.17) is 27.9 Å². The van der Waals surface area contributed by atoms with Gasteiger partial charge in [0, 0.05) is 28.1 Å². The summed E-state index contributed by atoms with van der Waals surface area (Å²) in [4.78, 5) is 0. The first-order valence-electron chi connectivity index (χ1n) is 7.05. The van der Waals surface area contributed by atoms with Gasteiger partial charge in [-0.1, -0.05) is 47.5 Å². The SMILES string of the molecule is CNC(Cc1ccc(Cl)cc1Cl)c1cccc2c1OCC2. The molecule has 1 heterocycles. The summed E-state index contributed by atoms with van der Waals surface area (Å²) in [5.74, 6) is 1.03. The fourth-order valence-electron chi connectivity index (χ4n) is 2.79. The molecule has 0 aliphatic carbocycles. The molecule has 0 aromatic heterocycles. The number of benzene rings is 2. The third-order valence-electron chi connectivity index (χ3n) is 3.91. The number of halogens is 2. The Morgan fingerprint density at radius 1 is 1.24 bits per heavy atom. The van der Waals surface area contributed by atoms with Gasteiger partial charge in [-0.25, -0.2) is 0 Å². The third kappa shape index (κ3) is 3.03. The lowest BCUT2D eigenvalue weighted by Gasteiger charge is -2.20. The molecule has 3 rings (SSSR count). The lowest BCUT2D eigenvalue weighted by molar-refractivity contribution is 0.349. The zero-order valence-electron chi connectivity index (χ0n) is 11.8. The fraction of sp³-hybridized carbons (Fsp3) is 0.294. The number of rotatable bonds is 4. The van der Waals surface area contributed by atoms with Crippen molar-refractivity contribution < 1.29 is 4.74 Å². The van der Waals surface area contributed by atoms with Crippen molar-refractivity contribution in [1.82, 2.24) is 5.32 Å². The van der Waals surface area contributed by atoms with E-state index in [2.05, 4.69) is 23.5 Å². The predicted octanol–water partition coefficient (Wildman–Crippen LogP) is 4.43. The molecule has 110 valence electrons. The maximum Gasteiger partial charge on any atom is 0.127 e. The zero-order chi connectivity index (χ0) is 14.8. The van der Waals surface area contributed by atoms with E-state index >= 15 is 0 Å². The lowest BCUT2D eigenvalue weighted by atomic mass is 9.96. The Hall–Kier alpha value is -1.22. The first kappa shape index (κ1) is 14.7. The molecule has 0 bridgehead atoms. The summed E-state index contributed by atoms with van der Waals surface area (Å²) in [6.45, 7) is 0.768. The highest BCUT2D eigenvalue weighted by Crippen LogP contribution is 2.35. The maximum absolute atomic E-state index is 6.29. The van der Waals surface area contributed by atoms with E-state index in [1.54, 1.807) is 6.07 Å². The molecule has 0 saturated carbocycles. The average molecular weight is 322 g/mol. The van der Waals surface area contributed by atoms with Crippen molar-refractivity contribution in [3.63, 3.8) is 0 Å². The second-order valence-corrected chi connectivity index (χ2v) is 6.06. The lowest BCUT2D eigenvalue weighted by Crippen LogP contribution is -2.19. The van der Waals surface area contributed by atoms with Gasteiger partial charge in [-0.15, -0.1) is 0 Å². The van der Waals surface area contributed by atoms with Gasteiger partial charge in [0.2, 0.25) is 0 Å². The van der Waals surface area contributed by atoms with Gasteiger partial charge in [-0.05, 0) is 36.7 Å². The molecule has 0 spiro atoms. The Morgan fingerprint density at radius 3 is 2.86 bits per heavy atom. The van der Waals surface area contributed by atoms with E-state index in [0.717, 1.165) is 30.8 Å². The number of likely N-dealkylation sites (N-methyl/N-ethyl adjacent to an activating group) is 1. The highest BCUT2D eigenvalue weighted by molar-refractivity contribution is 6.35. The van der Waals surface area contributed by atoms with Crippen LogP contribution in [-0.4, -0.2) is 13.7 Å². The maximum atomic E-state index is 6.29. The molecule has 0 saturated heterocycles. The van der Waals surface area contributed by atoms with Gasteiger partial charge >= 0.3 is 0 Å². The van der Waals surface area contributed by atoms with Gasteiger partial charge in [0.05, 0.1) is 6.61 Å². The van der Waals surface area contributed by atoms with E-state index in [1.165, 1.54) is 11.1 Å². The second-order valence-electron chi connectivity index (χ2n) is 5.22. The zero-order valence-corrected chi connectivity index (χ0v) is 13.3. The van der Waals surface area contributed by atoms with Crippen LogP contribution in [-0.2, 0) is 12.8 Å². The number of ether oxygens (including phenoxy) is 1. The molecule has 0 fully saturated rings. The highest BCUT2D eigenvalue weighted by Gasteiger charge is 2.22. The summed E-state index contributed by atoms with van der Waals surface area (Å²) in [5.41, 5.74) is 3.56. The molecule has 1 aliphatic rings. The normalized spacial score (nSPS) is 14.6. The van der Waals surface area contributed by atoms with E-state index in [1.807, 2.05) is 19.2 Å². The number of hydrogen-bond acceptors (Lipinski definition) is 2. The summed E-state index contributed by atoms with van der Waals surface area (Å²) >= 11 is 12.3. The van der Waals surface area contributed by atoms with Crippen LogP contribution in [0.5, 0.6) is 5.75 Å². The van der Waals surface area contributed by atoms with Crippen LogP contribution in [0, 0.1) is 0 Å². The first-order chi connectivity index (χ1) is 10.2. The molecule has 1 aliphatic heterocycles. The molecule has 2 aromatic rings. The van der Waals surface area contributed by atoms with Gasteiger partial charge < -0.3 is 10.1 Å². The van der Waals surface area contributed by atoms with Gasteiger partial charge in [-0.2, -0.15) is 0 Å². The van der Waals surface area contributed by atoms with Crippen molar-refractivity contribution in [2.45, 2.75) is 18.9 Å². The molecule has 1 unspecified atom stereocenters. The van der Waals surface area contributed by atoms with Crippen molar-refractivity contribution in [1.29, 1.82) is 0 Å². The molecule has 4 heteroatoms. The van der Waals surface area contributed by atoms with Crippen LogP contribution in [0.4, 0.5) is 0 Å². The molecule has 0 radical (unpaired) electrons. The monoisotopic (exact) mass is 321 g/mol.